The Labute approximate surface area is 156 Å². The van der Waals surface area contributed by atoms with E-state index in [1.54, 1.807) is 18.4 Å². The van der Waals surface area contributed by atoms with Crippen molar-refractivity contribution in [2.75, 3.05) is 26.9 Å². The summed E-state index contributed by atoms with van der Waals surface area (Å²) in [5.41, 5.74) is 3.11. The lowest BCUT2D eigenvalue weighted by Crippen LogP contribution is -2.19. The monoisotopic (exact) mass is 368 g/mol. The lowest BCUT2D eigenvalue weighted by Gasteiger charge is -2.19. The summed E-state index contributed by atoms with van der Waals surface area (Å²) >= 11 is 1.62. The number of benzene rings is 2. The van der Waals surface area contributed by atoms with Crippen molar-refractivity contribution >= 4 is 17.0 Å². The van der Waals surface area contributed by atoms with E-state index in [2.05, 4.69) is 16.0 Å². The number of aromatic nitrogens is 1. The SMILES string of the molecule is COCCn1c(-c2ccc3c(c2)OCCO3)csc1=Nc1ccccc1. The predicted octanol–water partition coefficient (Wildman–Crippen LogP) is 3.87. The van der Waals surface area contributed by atoms with Gasteiger partial charge in [-0.3, -0.25) is 0 Å². The molecular formula is C20H20N2O3S. The minimum Gasteiger partial charge on any atom is -0.486 e. The Kier molecular flexibility index (Phi) is 5.04. The topological polar surface area (TPSA) is 45.0 Å². The van der Waals surface area contributed by atoms with Crippen molar-refractivity contribution in [1.82, 2.24) is 4.57 Å². The highest BCUT2D eigenvalue weighted by Crippen LogP contribution is 2.34. The van der Waals surface area contributed by atoms with E-state index >= 15 is 0 Å². The molecule has 0 fully saturated rings. The van der Waals surface area contributed by atoms with Gasteiger partial charge in [-0.1, -0.05) is 18.2 Å². The van der Waals surface area contributed by atoms with Crippen LogP contribution >= 0.6 is 11.3 Å². The molecule has 0 spiro atoms. The number of para-hydroxylation sites is 1. The van der Waals surface area contributed by atoms with Gasteiger partial charge >= 0.3 is 0 Å². The zero-order valence-corrected chi connectivity index (χ0v) is 15.4. The van der Waals surface area contributed by atoms with Crippen LogP contribution in [0.1, 0.15) is 0 Å². The smallest absolute Gasteiger partial charge is 0.190 e. The van der Waals surface area contributed by atoms with Crippen molar-refractivity contribution in [1.29, 1.82) is 0 Å². The first-order chi connectivity index (χ1) is 12.8. The number of hydrogen-bond acceptors (Lipinski definition) is 5. The number of fused-ring (bicyclic) bond motifs is 1. The second-order valence-electron chi connectivity index (χ2n) is 5.85. The fourth-order valence-electron chi connectivity index (χ4n) is 2.86. The highest BCUT2D eigenvalue weighted by Gasteiger charge is 2.15. The molecule has 0 saturated heterocycles. The van der Waals surface area contributed by atoms with E-state index < -0.39 is 0 Å². The number of ether oxygens (including phenoxy) is 3. The number of rotatable bonds is 5. The molecule has 0 radical (unpaired) electrons. The van der Waals surface area contributed by atoms with E-state index in [0.29, 0.717) is 19.8 Å². The fourth-order valence-corrected chi connectivity index (χ4v) is 3.82. The maximum atomic E-state index is 5.73. The molecule has 2 aromatic carbocycles. The Bertz CT molecular complexity index is 947. The molecule has 1 aliphatic rings. The molecule has 0 amide bonds. The highest BCUT2D eigenvalue weighted by molar-refractivity contribution is 7.07. The Morgan fingerprint density at radius 3 is 2.69 bits per heavy atom. The average Bonchev–Trinajstić information content (AvgIpc) is 3.09. The highest BCUT2D eigenvalue weighted by atomic mass is 32.1. The van der Waals surface area contributed by atoms with Gasteiger partial charge in [-0.2, -0.15) is 0 Å². The lowest BCUT2D eigenvalue weighted by molar-refractivity contribution is 0.171. The van der Waals surface area contributed by atoms with Crippen LogP contribution in [0.3, 0.4) is 0 Å². The van der Waals surface area contributed by atoms with Crippen LogP contribution in [-0.2, 0) is 11.3 Å². The van der Waals surface area contributed by atoms with Crippen LogP contribution < -0.4 is 14.3 Å². The number of thiazole rings is 1. The zero-order valence-electron chi connectivity index (χ0n) is 14.6. The normalized spacial score (nSPS) is 13.8. The van der Waals surface area contributed by atoms with Crippen molar-refractivity contribution in [3.05, 3.63) is 58.7 Å². The Hall–Kier alpha value is -2.57. The molecule has 5 nitrogen and oxygen atoms in total. The van der Waals surface area contributed by atoms with E-state index in [1.165, 1.54) is 0 Å². The number of hydrogen-bond donors (Lipinski definition) is 0. The van der Waals surface area contributed by atoms with Gasteiger partial charge in [0, 0.05) is 24.6 Å². The minimum atomic E-state index is 0.582. The standard InChI is InChI=1S/C20H20N2O3S/c1-23-10-9-22-17(14-26-20(22)21-16-5-3-2-4-6-16)15-7-8-18-19(13-15)25-12-11-24-18/h2-8,13-14H,9-12H2,1H3. The molecule has 1 aliphatic heterocycles. The van der Waals surface area contributed by atoms with E-state index in [9.17, 15) is 0 Å². The molecule has 0 saturated carbocycles. The molecule has 4 rings (SSSR count). The molecule has 2 heterocycles. The average molecular weight is 368 g/mol. The van der Waals surface area contributed by atoms with Crippen LogP contribution in [0.15, 0.2) is 58.9 Å². The van der Waals surface area contributed by atoms with Gasteiger partial charge < -0.3 is 18.8 Å². The molecule has 0 N–H and O–H groups in total. The quantitative estimate of drug-likeness (QED) is 0.687. The van der Waals surface area contributed by atoms with Crippen LogP contribution in [0.2, 0.25) is 0 Å². The van der Waals surface area contributed by atoms with Gasteiger partial charge in [0.05, 0.1) is 18.0 Å². The third-order valence-electron chi connectivity index (χ3n) is 4.14. The van der Waals surface area contributed by atoms with Gasteiger partial charge in [0.1, 0.15) is 13.2 Å². The maximum Gasteiger partial charge on any atom is 0.190 e. The first-order valence-corrected chi connectivity index (χ1v) is 9.40. The summed E-state index contributed by atoms with van der Waals surface area (Å²) in [6, 6.07) is 16.1. The van der Waals surface area contributed by atoms with Gasteiger partial charge in [0.2, 0.25) is 0 Å². The van der Waals surface area contributed by atoms with Gasteiger partial charge in [0.15, 0.2) is 16.3 Å². The molecule has 6 heteroatoms. The molecule has 0 bridgehead atoms. The van der Waals surface area contributed by atoms with Crippen molar-refractivity contribution in [2.24, 2.45) is 4.99 Å². The third kappa shape index (κ3) is 3.52. The van der Waals surface area contributed by atoms with Crippen LogP contribution in [0, 0.1) is 0 Å². The molecule has 0 aliphatic carbocycles. The van der Waals surface area contributed by atoms with Crippen molar-refractivity contribution in [3.63, 3.8) is 0 Å². The summed E-state index contributed by atoms with van der Waals surface area (Å²) in [5, 5.41) is 2.13. The molecule has 0 unspecified atom stereocenters. The van der Waals surface area contributed by atoms with Crippen molar-refractivity contribution in [3.8, 4) is 22.8 Å². The molecular weight excluding hydrogens is 348 g/mol. The molecule has 3 aromatic rings. The van der Waals surface area contributed by atoms with Crippen LogP contribution in [0.4, 0.5) is 5.69 Å². The second kappa shape index (κ2) is 7.76. The first kappa shape index (κ1) is 16.9. The molecule has 26 heavy (non-hydrogen) atoms. The first-order valence-electron chi connectivity index (χ1n) is 8.52. The Morgan fingerprint density at radius 1 is 1.08 bits per heavy atom. The van der Waals surface area contributed by atoms with Gasteiger partial charge in [0.25, 0.3) is 0 Å². The van der Waals surface area contributed by atoms with Crippen molar-refractivity contribution < 1.29 is 14.2 Å². The van der Waals surface area contributed by atoms with Crippen LogP contribution in [0.25, 0.3) is 11.3 Å². The summed E-state index contributed by atoms with van der Waals surface area (Å²) in [4.78, 5) is 5.74. The summed E-state index contributed by atoms with van der Waals surface area (Å²) in [6.45, 7) is 2.53. The van der Waals surface area contributed by atoms with E-state index in [4.69, 9.17) is 19.2 Å². The Balaban J connectivity index is 1.78. The maximum absolute atomic E-state index is 5.73. The largest absolute Gasteiger partial charge is 0.486 e. The summed E-state index contributed by atoms with van der Waals surface area (Å²) in [5.74, 6) is 1.59. The zero-order chi connectivity index (χ0) is 17.8. The second-order valence-corrected chi connectivity index (χ2v) is 6.69. The fraction of sp³-hybridized carbons (Fsp3) is 0.250. The lowest BCUT2D eigenvalue weighted by atomic mass is 10.1. The summed E-state index contributed by atoms with van der Waals surface area (Å²) in [6.07, 6.45) is 0. The molecule has 1 aromatic heterocycles. The summed E-state index contributed by atoms with van der Waals surface area (Å²) < 4.78 is 18.8. The third-order valence-corrected chi connectivity index (χ3v) is 5.00. The summed E-state index contributed by atoms with van der Waals surface area (Å²) in [7, 11) is 1.71. The van der Waals surface area contributed by atoms with E-state index in [-0.39, 0.29) is 0 Å². The number of nitrogens with zero attached hydrogens (tertiary/aromatic N) is 2. The Morgan fingerprint density at radius 2 is 1.88 bits per heavy atom. The van der Waals surface area contributed by atoms with E-state index in [0.717, 1.165) is 39.8 Å². The predicted molar refractivity (Wildman–Crippen MR) is 102 cm³/mol. The van der Waals surface area contributed by atoms with Crippen LogP contribution in [-0.4, -0.2) is 31.5 Å². The van der Waals surface area contributed by atoms with Crippen LogP contribution in [0.5, 0.6) is 11.5 Å². The van der Waals surface area contributed by atoms with Crippen molar-refractivity contribution in [2.45, 2.75) is 6.54 Å². The van der Waals surface area contributed by atoms with Gasteiger partial charge in [-0.25, -0.2) is 4.99 Å². The number of methoxy groups -OCH3 is 1. The minimum absolute atomic E-state index is 0.582. The van der Waals surface area contributed by atoms with E-state index in [1.807, 2.05) is 42.5 Å². The van der Waals surface area contributed by atoms with Gasteiger partial charge in [-0.05, 0) is 30.3 Å². The van der Waals surface area contributed by atoms with Gasteiger partial charge in [-0.15, -0.1) is 11.3 Å². The molecule has 134 valence electrons. The molecule has 0 atom stereocenters.